The van der Waals surface area contributed by atoms with Crippen LogP contribution in [0.5, 0.6) is 0 Å². The van der Waals surface area contributed by atoms with E-state index in [9.17, 15) is 4.79 Å². The van der Waals surface area contributed by atoms with Crippen LogP contribution in [0, 0.1) is 6.92 Å². The Kier molecular flexibility index (Phi) is 3.58. The van der Waals surface area contributed by atoms with Gasteiger partial charge in [0.1, 0.15) is 0 Å². The maximum Gasteiger partial charge on any atom is 0.163 e. The first-order valence-corrected chi connectivity index (χ1v) is 6.25. The molecule has 0 amide bonds. The smallest absolute Gasteiger partial charge is 0.163 e. The number of aryl methyl sites for hydroxylation is 1. The highest BCUT2D eigenvalue weighted by Gasteiger charge is 2.09. The number of hydrogen-bond donors (Lipinski definition) is 0. The summed E-state index contributed by atoms with van der Waals surface area (Å²) in [6.45, 7) is 4.16. The zero-order valence-electron chi connectivity index (χ0n) is 10.5. The fourth-order valence-corrected chi connectivity index (χ4v) is 2.16. The zero-order valence-corrected chi connectivity index (χ0v) is 10.5. The third-order valence-corrected chi connectivity index (χ3v) is 3.06. The molecule has 0 aliphatic rings. The van der Waals surface area contributed by atoms with E-state index in [0.29, 0.717) is 6.42 Å². The molecule has 0 aliphatic carbocycles. The second-order valence-corrected chi connectivity index (χ2v) is 4.56. The Morgan fingerprint density at radius 3 is 2.71 bits per heavy atom. The number of benzene rings is 2. The van der Waals surface area contributed by atoms with Gasteiger partial charge >= 0.3 is 0 Å². The molecule has 17 heavy (non-hydrogen) atoms. The van der Waals surface area contributed by atoms with Crippen LogP contribution in [0.15, 0.2) is 36.4 Å². The highest BCUT2D eigenvalue weighted by Crippen LogP contribution is 2.22. The third-order valence-electron chi connectivity index (χ3n) is 3.06. The maximum absolute atomic E-state index is 12.2. The molecule has 0 heterocycles. The summed E-state index contributed by atoms with van der Waals surface area (Å²) >= 11 is 0. The summed E-state index contributed by atoms with van der Waals surface area (Å²) in [5.41, 5.74) is 2.04. The van der Waals surface area contributed by atoms with Crippen LogP contribution in [-0.4, -0.2) is 5.78 Å². The van der Waals surface area contributed by atoms with Gasteiger partial charge in [0.2, 0.25) is 0 Å². The average Bonchev–Trinajstić information content (AvgIpc) is 2.34. The molecule has 0 aliphatic heterocycles. The van der Waals surface area contributed by atoms with Crippen molar-refractivity contribution < 1.29 is 4.79 Å². The van der Waals surface area contributed by atoms with Gasteiger partial charge in [-0.1, -0.05) is 43.7 Å². The molecule has 0 saturated carbocycles. The van der Waals surface area contributed by atoms with Gasteiger partial charge in [-0.25, -0.2) is 0 Å². The molecule has 88 valence electrons. The lowest BCUT2D eigenvalue weighted by atomic mass is 9.96. The average molecular weight is 226 g/mol. The Balaban J connectivity index is 2.48. The van der Waals surface area contributed by atoms with Crippen LogP contribution >= 0.6 is 0 Å². The van der Waals surface area contributed by atoms with E-state index < -0.39 is 0 Å². The van der Waals surface area contributed by atoms with E-state index in [1.54, 1.807) is 0 Å². The van der Waals surface area contributed by atoms with E-state index in [1.165, 1.54) is 0 Å². The molecule has 0 bridgehead atoms. The molecule has 0 fully saturated rings. The molecule has 0 N–H and O–H groups in total. The van der Waals surface area contributed by atoms with E-state index in [1.807, 2.05) is 31.2 Å². The summed E-state index contributed by atoms with van der Waals surface area (Å²) in [4.78, 5) is 12.2. The lowest BCUT2D eigenvalue weighted by molar-refractivity contribution is 0.0981. The molecule has 2 aromatic carbocycles. The molecule has 1 heteroatoms. The Labute approximate surface area is 102 Å². The number of Topliss-reactive ketones (excluding diaryl/α,β-unsaturated/α-hetero) is 1. The Hall–Kier alpha value is -1.63. The number of hydrogen-bond acceptors (Lipinski definition) is 1. The Bertz CT molecular complexity index is 540. The lowest BCUT2D eigenvalue weighted by Gasteiger charge is -2.07. The predicted octanol–water partition coefficient (Wildman–Crippen LogP) is 4.52. The molecular weight excluding hydrogens is 208 g/mol. The topological polar surface area (TPSA) is 17.1 Å². The number of carbonyl (C=O) groups is 1. The van der Waals surface area contributed by atoms with Crippen LogP contribution < -0.4 is 0 Å². The fraction of sp³-hybridized carbons (Fsp3) is 0.312. The summed E-state index contributed by atoms with van der Waals surface area (Å²) in [6, 6.07) is 12.3. The minimum absolute atomic E-state index is 0.270. The monoisotopic (exact) mass is 226 g/mol. The third kappa shape index (κ3) is 2.55. The van der Waals surface area contributed by atoms with Crippen LogP contribution in [0.3, 0.4) is 0 Å². The van der Waals surface area contributed by atoms with Gasteiger partial charge in [-0.3, -0.25) is 4.79 Å². The molecule has 0 unspecified atom stereocenters. The van der Waals surface area contributed by atoms with Crippen molar-refractivity contribution in [2.45, 2.75) is 33.1 Å². The zero-order chi connectivity index (χ0) is 12.3. The normalized spacial score (nSPS) is 10.7. The van der Waals surface area contributed by atoms with Crippen LogP contribution in [0.25, 0.3) is 10.8 Å². The van der Waals surface area contributed by atoms with Gasteiger partial charge in [-0.15, -0.1) is 0 Å². The molecule has 0 atom stereocenters. The molecule has 0 saturated heterocycles. The van der Waals surface area contributed by atoms with Crippen molar-refractivity contribution in [1.82, 2.24) is 0 Å². The molecular formula is C16H18O. The second kappa shape index (κ2) is 5.13. The summed E-state index contributed by atoms with van der Waals surface area (Å²) in [6.07, 6.45) is 2.69. The number of ketones is 1. The standard InChI is InChI=1S/C16H18O/c1-3-4-9-16(17)15-11-12(2)10-13-7-5-6-8-14(13)15/h5-8,10-11H,3-4,9H2,1-2H3. The first-order chi connectivity index (χ1) is 8.22. The van der Waals surface area contributed by atoms with Crippen molar-refractivity contribution in [2.75, 3.05) is 0 Å². The van der Waals surface area contributed by atoms with Gasteiger partial charge in [-0.05, 0) is 35.7 Å². The Morgan fingerprint density at radius 2 is 1.94 bits per heavy atom. The largest absolute Gasteiger partial charge is 0.294 e. The first kappa shape index (κ1) is 11.8. The van der Waals surface area contributed by atoms with Gasteiger partial charge in [0, 0.05) is 12.0 Å². The van der Waals surface area contributed by atoms with Gasteiger partial charge in [0.05, 0.1) is 0 Å². The predicted molar refractivity (Wildman–Crippen MR) is 72.5 cm³/mol. The molecule has 0 spiro atoms. The Morgan fingerprint density at radius 1 is 1.18 bits per heavy atom. The van der Waals surface area contributed by atoms with Crippen molar-refractivity contribution in [2.24, 2.45) is 0 Å². The van der Waals surface area contributed by atoms with Crippen molar-refractivity contribution in [1.29, 1.82) is 0 Å². The minimum Gasteiger partial charge on any atom is -0.294 e. The van der Waals surface area contributed by atoms with Crippen molar-refractivity contribution in [3.8, 4) is 0 Å². The second-order valence-electron chi connectivity index (χ2n) is 4.56. The summed E-state index contributed by atoms with van der Waals surface area (Å²) < 4.78 is 0. The van der Waals surface area contributed by atoms with E-state index in [2.05, 4.69) is 19.1 Å². The van der Waals surface area contributed by atoms with E-state index >= 15 is 0 Å². The van der Waals surface area contributed by atoms with Crippen molar-refractivity contribution in [3.05, 3.63) is 47.5 Å². The van der Waals surface area contributed by atoms with Gasteiger partial charge in [0.25, 0.3) is 0 Å². The van der Waals surface area contributed by atoms with Gasteiger partial charge in [0.15, 0.2) is 5.78 Å². The molecule has 0 radical (unpaired) electrons. The quantitative estimate of drug-likeness (QED) is 0.700. The molecule has 1 nitrogen and oxygen atoms in total. The number of unbranched alkanes of at least 4 members (excludes halogenated alkanes) is 1. The lowest BCUT2D eigenvalue weighted by Crippen LogP contribution is -2.00. The highest BCUT2D eigenvalue weighted by atomic mass is 16.1. The van der Waals surface area contributed by atoms with Crippen LogP contribution in [0.4, 0.5) is 0 Å². The van der Waals surface area contributed by atoms with Gasteiger partial charge in [-0.2, -0.15) is 0 Å². The maximum atomic E-state index is 12.2. The molecule has 2 aromatic rings. The minimum atomic E-state index is 0.270. The van der Waals surface area contributed by atoms with Crippen molar-refractivity contribution in [3.63, 3.8) is 0 Å². The number of carbonyl (C=O) groups excluding carboxylic acids is 1. The molecule has 2 rings (SSSR count). The van der Waals surface area contributed by atoms with Gasteiger partial charge < -0.3 is 0 Å². The fourth-order valence-electron chi connectivity index (χ4n) is 2.16. The summed E-state index contributed by atoms with van der Waals surface area (Å²) in [7, 11) is 0. The summed E-state index contributed by atoms with van der Waals surface area (Å²) in [5.74, 6) is 0.270. The van der Waals surface area contributed by atoms with Crippen molar-refractivity contribution >= 4 is 16.6 Å². The summed E-state index contributed by atoms with van der Waals surface area (Å²) in [5, 5.41) is 2.24. The van der Waals surface area contributed by atoms with E-state index in [-0.39, 0.29) is 5.78 Å². The van der Waals surface area contributed by atoms with Crippen LogP contribution in [0.1, 0.15) is 42.1 Å². The van der Waals surface area contributed by atoms with Crippen LogP contribution in [0.2, 0.25) is 0 Å². The van der Waals surface area contributed by atoms with E-state index in [4.69, 9.17) is 0 Å². The number of fused-ring (bicyclic) bond motifs is 1. The number of rotatable bonds is 4. The molecule has 0 aromatic heterocycles. The first-order valence-electron chi connectivity index (χ1n) is 6.25. The van der Waals surface area contributed by atoms with E-state index in [0.717, 1.165) is 34.7 Å². The highest BCUT2D eigenvalue weighted by molar-refractivity contribution is 6.08. The SMILES string of the molecule is CCCCC(=O)c1cc(C)cc2ccccc12. The van der Waals surface area contributed by atoms with Crippen LogP contribution in [-0.2, 0) is 0 Å².